The number of benzene rings is 1. The van der Waals surface area contributed by atoms with Crippen LogP contribution in [-0.4, -0.2) is 61.8 Å². The molecule has 3 aromatic heterocycles. The van der Waals surface area contributed by atoms with E-state index in [4.69, 9.17) is 4.98 Å². The molecule has 1 fully saturated rings. The summed E-state index contributed by atoms with van der Waals surface area (Å²) in [5.74, 6) is 1.46. The second-order valence-electron chi connectivity index (χ2n) is 7.45. The van der Waals surface area contributed by atoms with Crippen molar-refractivity contribution in [2.75, 3.05) is 36.4 Å². The van der Waals surface area contributed by atoms with E-state index in [1.165, 1.54) is 24.3 Å². The number of carbonyl (C=O) groups is 1. The number of anilines is 3. The monoisotopic (exact) mass is 420 g/mol. The van der Waals surface area contributed by atoms with Gasteiger partial charge in [-0.3, -0.25) is 9.89 Å². The van der Waals surface area contributed by atoms with E-state index in [0.29, 0.717) is 49.3 Å². The molecule has 2 N–H and O–H groups in total. The van der Waals surface area contributed by atoms with Crippen LogP contribution in [-0.2, 0) is 0 Å². The molecular weight excluding hydrogens is 399 g/mol. The molecule has 4 aromatic rings. The Morgan fingerprint density at radius 3 is 2.61 bits per heavy atom. The van der Waals surface area contributed by atoms with Gasteiger partial charge >= 0.3 is 0 Å². The minimum absolute atomic E-state index is 0.0994. The van der Waals surface area contributed by atoms with E-state index in [1.807, 2.05) is 31.3 Å². The molecule has 0 saturated carbocycles. The minimum Gasteiger partial charge on any atom is -0.336 e. The molecule has 0 aliphatic carbocycles. The van der Waals surface area contributed by atoms with Gasteiger partial charge in [-0.2, -0.15) is 10.1 Å². The molecule has 0 radical (unpaired) electrons. The van der Waals surface area contributed by atoms with Crippen molar-refractivity contribution in [2.24, 2.45) is 0 Å². The molecule has 1 amide bonds. The van der Waals surface area contributed by atoms with Crippen molar-refractivity contribution in [1.82, 2.24) is 29.7 Å². The summed E-state index contributed by atoms with van der Waals surface area (Å²) < 4.78 is 14.9. The molecule has 1 saturated heterocycles. The smallest absolute Gasteiger partial charge is 0.253 e. The molecule has 0 bridgehead atoms. The van der Waals surface area contributed by atoms with Crippen LogP contribution in [0, 0.1) is 12.7 Å². The molecule has 31 heavy (non-hydrogen) atoms. The zero-order valence-corrected chi connectivity index (χ0v) is 16.9. The van der Waals surface area contributed by atoms with E-state index in [0.717, 1.165) is 11.2 Å². The van der Waals surface area contributed by atoms with Crippen LogP contribution in [0.15, 0.2) is 48.7 Å². The van der Waals surface area contributed by atoms with Crippen molar-refractivity contribution in [1.29, 1.82) is 0 Å². The zero-order chi connectivity index (χ0) is 21.4. The van der Waals surface area contributed by atoms with Crippen LogP contribution >= 0.6 is 0 Å². The molecule has 1 aliphatic rings. The number of piperazine rings is 1. The highest BCUT2D eigenvalue weighted by molar-refractivity contribution is 5.94. The number of nitrogens with one attached hydrogen (secondary N) is 2. The number of hydrogen-bond acceptors (Lipinski definition) is 6. The molecule has 1 aromatic carbocycles. The van der Waals surface area contributed by atoms with Crippen molar-refractivity contribution in [3.05, 3.63) is 65.7 Å². The number of aromatic amines is 1. The number of nitrogens with zero attached hydrogens (tertiary/aromatic N) is 6. The van der Waals surface area contributed by atoms with Gasteiger partial charge in [0.25, 0.3) is 5.91 Å². The topological polar surface area (TPSA) is 94.5 Å². The number of carbonyl (C=O) groups excluding carboxylic acids is 1. The van der Waals surface area contributed by atoms with Crippen molar-refractivity contribution >= 4 is 29.0 Å². The Bertz CT molecular complexity index is 1220. The molecule has 9 nitrogen and oxygen atoms in total. The number of fused-ring (bicyclic) bond motifs is 1. The lowest BCUT2D eigenvalue weighted by molar-refractivity contribution is 0.0746. The number of H-pyrrole nitrogens is 1. The van der Waals surface area contributed by atoms with E-state index in [1.54, 1.807) is 9.42 Å². The summed E-state index contributed by atoms with van der Waals surface area (Å²) in [6.45, 7) is 4.19. The van der Waals surface area contributed by atoms with E-state index in [2.05, 4.69) is 25.5 Å². The quantitative estimate of drug-likeness (QED) is 0.527. The highest BCUT2D eigenvalue weighted by atomic mass is 19.1. The van der Waals surface area contributed by atoms with Gasteiger partial charge in [-0.15, -0.1) is 5.10 Å². The fourth-order valence-electron chi connectivity index (χ4n) is 3.64. The Morgan fingerprint density at radius 2 is 1.90 bits per heavy atom. The number of hydrogen-bond donors (Lipinski definition) is 2. The summed E-state index contributed by atoms with van der Waals surface area (Å²) in [6, 6.07) is 11.4. The van der Waals surface area contributed by atoms with Gasteiger partial charge in [-0.05, 0) is 43.3 Å². The molecule has 0 atom stereocenters. The number of aryl methyl sites for hydroxylation is 1. The zero-order valence-electron chi connectivity index (χ0n) is 16.9. The van der Waals surface area contributed by atoms with Crippen molar-refractivity contribution in [2.45, 2.75) is 6.92 Å². The number of halogens is 1. The van der Waals surface area contributed by atoms with Gasteiger partial charge in [0.15, 0.2) is 11.6 Å². The molecular formula is C21H21FN8O. The largest absolute Gasteiger partial charge is 0.336 e. The highest BCUT2D eigenvalue weighted by Gasteiger charge is 2.24. The number of aromatic nitrogens is 5. The van der Waals surface area contributed by atoms with Gasteiger partial charge in [-0.1, -0.05) is 0 Å². The molecule has 158 valence electrons. The maximum absolute atomic E-state index is 13.1. The van der Waals surface area contributed by atoms with Gasteiger partial charge in [0.1, 0.15) is 11.3 Å². The number of rotatable bonds is 4. The average Bonchev–Trinajstić information content (AvgIpc) is 3.42. The van der Waals surface area contributed by atoms with Gasteiger partial charge in [0, 0.05) is 49.7 Å². The first-order valence-electron chi connectivity index (χ1n) is 10.0. The van der Waals surface area contributed by atoms with Gasteiger partial charge in [-0.25, -0.2) is 8.91 Å². The predicted molar refractivity (Wildman–Crippen MR) is 114 cm³/mol. The first-order chi connectivity index (χ1) is 15.1. The third-order valence-corrected chi connectivity index (χ3v) is 5.27. The Balaban J connectivity index is 1.33. The van der Waals surface area contributed by atoms with E-state index < -0.39 is 0 Å². The summed E-state index contributed by atoms with van der Waals surface area (Å²) in [6.07, 6.45) is 1.87. The molecule has 10 heteroatoms. The molecule has 0 unspecified atom stereocenters. The van der Waals surface area contributed by atoms with E-state index in [-0.39, 0.29) is 11.7 Å². The van der Waals surface area contributed by atoms with Crippen LogP contribution < -0.4 is 10.2 Å². The predicted octanol–water partition coefficient (Wildman–Crippen LogP) is 2.61. The Kier molecular flexibility index (Phi) is 4.73. The second-order valence-corrected chi connectivity index (χ2v) is 7.45. The molecule has 1 aliphatic heterocycles. The second kappa shape index (κ2) is 7.71. The average molecular weight is 420 g/mol. The van der Waals surface area contributed by atoms with E-state index >= 15 is 0 Å². The van der Waals surface area contributed by atoms with Crippen LogP contribution in [0.5, 0.6) is 0 Å². The van der Waals surface area contributed by atoms with Gasteiger partial charge in [0.05, 0.1) is 0 Å². The van der Waals surface area contributed by atoms with Gasteiger partial charge in [0.2, 0.25) is 5.95 Å². The van der Waals surface area contributed by atoms with Crippen LogP contribution in [0.4, 0.5) is 22.0 Å². The third-order valence-electron chi connectivity index (χ3n) is 5.27. The Labute approximate surface area is 177 Å². The summed E-state index contributed by atoms with van der Waals surface area (Å²) in [5, 5.41) is 15.0. The fraction of sp³-hybridized carbons (Fsp3) is 0.238. The van der Waals surface area contributed by atoms with Crippen molar-refractivity contribution < 1.29 is 9.18 Å². The molecule has 0 spiro atoms. The van der Waals surface area contributed by atoms with Gasteiger partial charge < -0.3 is 15.1 Å². The molecule has 4 heterocycles. The van der Waals surface area contributed by atoms with Crippen molar-refractivity contribution in [3.8, 4) is 0 Å². The summed E-state index contributed by atoms with van der Waals surface area (Å²) in [7, 11) is 0. The maximum atomic E-state index is 13.1. The van der Waals surface area contributed by atoms with E-state index in [9.17, 15) is 9.18 Å². The fourth-order valence-corrected chi connectivity index (χ4v) is 3.64. The van der Waals surface area contributed by atoms with Crippen LogP contribution in [0.3, 0.4) is 0 Å². The van der Waals surface area contributed by atoms with Crippen LogP contribution in [0.25, 0.3) is 5.52 Å². The lowest BCUT2D eigenvalue weighted by atomic mass is 10.2. The number of amides is 1. The van der Waals surface area contributed by atoms with Crippen LogP contribution in [0.1, 0.15) is 16.1 Å². The Morgan fingerprint density at radius 1 is 1.13 bits per heavy atom. The summed E-state index contributed by atoms with van der Waals surface area (Å²) in [5.41, 5.74) is 2.28. The first-order valence-corrected chi connectivity index (χ1v) is 10.0. The normalized spacial score (nSPS) is 14.3. The Hall–Kier alpha value is -3.95. The van der Waals surface area contributed by atoms with Crippen molar-refractivity contribution in [3.63, 3.8) is 0 Å². The maximum Gasteiger partial charge on any atom is 0.253 e. The van der Waals surface area contributed by atoms with Crippen LogP contribution in [0.2, 0.25) is 0 Å². The lowest BCUT2D eigenvalue weighted by Gasteiger charge is -2.34. The lowest BCUT2D eigenvalue weighted by Crippen LogP contribution is -2.49. The third kappa shape index (κ3) is 3.79. The summed E-state index contributed by atoms with van der Waals surface area (Å²) in [4.78, 5) is 21.2. The SMILES string of the molecule is Cc1cc(Nc2nc(N3CCN(C(=O)c4ccc(F)cc4)CC3)nn3cccc23)n[nH]1. The first kappa shape index (κ1) is 19.0. The molecule has 5 rings (SSSR count). The summed E-state index contributed by atoms with van der Waals surface area (Å²) >= 11 is 0. The standard InChI is InChI=1S/C21H21FN8O/c1-14-13-18(26-25-14)23-19-17-3-2-8-30(17)27-21(24-19)29-11-9-28(10-12-29)20(31)15-4-6-16(22)7-5-15/h2-8,13H,9-12H2,1H3,(H2,23,24,25,26,27). The minimum atomic E-state index is -0.353. The highest BCUT2D eigenvalue weighted by Crippen LogP contribution is 2.23.